The highest BCUT2D eigenvalue weighted by molar-refractivity contribution is 6.07. The van der Waals surface area contributed by atoms with Crippen LogP contribution in [0.5, 0.6) is 5.75 Å². The van der Waals surface area contributed by atoms with Gasteiger partial charge in [0.15, 0.2) is 5.78 Å². The predicted octanol–water partition coefficient (Wildman–Crippen LogP) is 3.37. The van der Waals surface area contributed by atoms with Gasteiger partial charge in [0, 0.05) is 25.6 Å². The van der Waals surface area contributed by atoms with Crippen molar-refractivity contribution in [1.82, 2.24) is 9.36 Å². The van der Waals surface area contributed by atoms with Gasteiger partial charge in [-0.1, -0.05) is 18.2 Å². The molecule has 0 spiro atoms. The molecule has 0 amide bonds. The Balaban J connectivity index is 1.75. The van der Waals surface area contributed by atoms with Gasteiger partial charge in [-0.05, 0) is 49.7 Å². The molecule has 2 heterocycles. The monoisotopic (exact) mass is 418 g/mol. The van der Waals surface area contributed by atoms with E-state index in [9.17, 15) is 9.59 Å². The number of aliphatic imine (C=N–C) groups is 1. The van der Waals surface area contributed by atoms with Crippen molar-refractivity contribution in [2.75, 3.05) is 25.1 Å². The minimum atomic E-state index is -0.164. The number of para-hydroxylation sites is 1. The molecule has 0 radical (unpaired) electrons. The van der Waals surface area contributed by atoms with Gasteiger partial charge in [0.1, 0.15) is 17.3 Å². The van der Waals surface area contributed by atoms with Gasteiger partial charge in [0.2, 0.25) is 0 Å². The number of methoxy groups -OCH3 is 1. The van der Waals surface area contributed by atoms with E-state index >= 15 is 0 Å². The number of benzene rings is 2. The normalized spacial score (nSPS) is 13.2. The van der Waals surface area contributed by atoms with Gasteiger partial charge in [-0.2, -0.15) is 0 Å². The van der Waals surface area contributed by atoms with Crippen LogP contribution in [0.25, 0.3) is 5.69 Å². The average Bonchev–Trinajstić information content (AvgIpc) is 3.40. The minimum absolute atomic E-state index is 0.0556. The number of ketones is 1. The predicted molar refractivity (Wildman–Crippen MR) is 122 cm³/mol. The van der Waals surface area contributed by atoms with E-state index in [1.807, 2.05) is 49.0 Å². The number of nitrogens with zero attached hydrogens (tertiary/aromatic N) is 4. The average molecular weight is 418 g/mol. The Morgan fingerprint density at radius 2 is 1.84 bits per heavy atom. The van der Waals surface area contributed by atoms with Gasteiger partial charge in [0.05, 0.1) is 25.0 Å². The molecule has 0 N–H and O–H groups in total. The lowest BCUT2D eigenvalue weighted by molar-refractivity contribution is 0.100. The van der Waals surface area contributed by atoms with Crippen molar-refractivity contribution in [3.05, 3.63) is 76.2 Å². The Morgan fingerprint density at radius 1 is 1.13 bits per heavy atom. The maximum Gasteiger partial charge on any atom is 0.295 e. The highest BCUT2D eigenvalue weighted by Crippen LogP contribution is 2.23. The Morgan fingerprint density at radius 3 is 2.45 bits per heavy atom. The Kier molecular flexibility index (Phi) is 5.75. The molecule has 0 saturated carbocycles. The smallest absolute Gasteiger partial charge is 0.295 e. The van der Waals surface area contributed by atoms with Crippen molar-refractivity contribution in [2.45, 2.75) is 19.8 Å². The Labute approximate surface area is 181 Å². The first-order valence-electron chi connectivity index (χ1n) is 10.3. The minimum Gasteiger partial charge on any atom is -0.497 e. The topological polar surface area (TPSA) is 68.8 Å². The van der Waals surface area contributed by atoms with E-state index in [0.717, 1.165) is 30.1 Å². The molecule has 0 atom stereocenters. The number of carbonyl (C=O) groups is 1. The summed E-state index contributed by atoms with van der Waals surface area (Å²) in [4.78, 5) is 33.0. The molecule has 4 rings (SSSR count). The lowest BCUT2D eigenvalue weighted by Gasteiger charge is -2.23. The molecule has 160 valence electrons. The standard InChI is InChI=1S/C24H26N4O3/c1-17-23(24(30)28(26(17)2)19-8-5-4-6-9-19)27(22-10-7-15-25-22)16-21(29)18-11-13-20(31-3)14-12-18/h4-6,8-9,11-14H,7,10,15-16H2,1-3H3. The molecule has 0 bridgehead atoms. The molecule has 0 saturated heterocycles. The van der Waals surface area contributed by atoms with Gasteiger partial charge in [-0.15, -0.1) is 0 Å². The summed E-state index contributed by atoms with van der Waals surface area (Å²) in [6.45, 7) is 2.66. The SMILES string of the molecule is COc1ccc(C(=O)CN(C2=NCCC2)c2c(C)n(C)n(-c3ccccc3)c2=O)cc1. The summed E-state index contributed by atoms with van der Waals surface area (Å²) in [5.74, 6) is 1.40. The molecule has 31 heavy (non-hydrogen) atoms. The third-order valence-electron chi connectivity index (χ3n) is 5.67. The molecule has 0 aliphatic carbocycles. The summed E-state index contributed by atoms with van der Waals surface area (Å²) < 4.78 is 8.64. The van der Waals surface area contributed by atoms with E-state index in [1.54, 1.807) is 41.0 Å². The van der Waals surface area contributed by atoms with Crippen LogP contribution in [0.3, 0.4) is 0 Å². The molecule has 7 nitrogen and oxygen atoms in total. The number of amidine groups is 1. The second-order valence-corrected chi connectivity index (χ2v) is 7.55. The summed E-state index contributed by atoms with van der Waals surface area (Å²) in [6, 6.07) is 16.5. The number of rotatable bonds is 6. The number of carbonyl (C=O) groups excluding carboxylic acids is 1. The third kappa shape index (κ3) is 3.91. The van der Waals surface area contributed by atoms with Crippen LogP contribution in [0.1, 0.15) is 28.9 Å². The fourth-order valence-electron chi connectivity index (χ4n) is 3.92. The van der Waals surface area contributed by atoms with Gasteiger partial charge < -0.3 is 9.64 Å². The molecule has 0 fully saturated rings. The van der Waals surface area contributed by atoms with Crippen LogP contribution < -0.4 is 15.2 Å². The molecule has 1 aliphatic heterocycles. The van der Waals surface area contributed by atoms with E-state index < -0.39 is 0 Å². The first-order chi connectivity index (χ1) is 15.0. The zero-order valence-corrected chi connectivity index (χ0v) is 18.0. The van der Waals surface area contributed by atoms with Gasteiger partial charge in [-0.3, -0.25) is 19.3 Å². The third-order valence-corrected chi connectivity index (χ3v) is 5.67. The molecular weight excluding hydrogens is 392 g/mol. The molecule has 1 aromatic heterocycles. The van der Waals surface area contributed by atoms with Crippen molar-refractivity contribution in [2.24, 2.45) is 12.0 Å². The lowest BCUT2D eigenvalue weighted by Crippen LogP contribution is -2.38. The van der Waals surface area contributed by atoms with Gasteiger partial charge in [-0.25, -0.2) is 4.68 Å². The molecule has 0 unspecified atom stereocenters. The van der Waals surface area contributed by atoms with Gasteiger partial charge in [0.25, 0.3) is 5.56 Å². The van der Waals surface area contributed by atoms with E-state index in [2.05, 4.69) is 4.99 Å². The number of hydrogen-bond acceptors (Lipinski definition) is 5. The molecular formula is C24H26N4O3. The first kappa shape index (κ1) is 20.7. The molecule has 2 aromatic carbocycles. The van der Waals surface area contributed by atoms with Crippen LogP contribution in [0.15, 0.2) is 64.4 Å². The summed E-state index contributed by atoms with van der Waals surface area (Å²) in [6.07, 6.45) is 1.66. The van der Waals surface area contributed by atoms with Crippen LogP contribution in [-0.4, -0.2) is 41.2 Å². The fraction of sp³-hybridized carbons (Fsp3) is 0.292. The number of hydrogen-bond donors (Lipinski definition) is 0. The lowest BCUT2D eigenvalue weighted by atomic mass is 10.1. The second-order valence-electron chi connectivity index (χ2n) is 7.55. The first-order valence-corrected chi connectivity index (χ1v) is 10.3. The van der Waals surface area contributed by atoms with Crippen molar-refractivity contribution in [3.63, 3.8) is 0 Å². The summed E-state index contributed by atoms with van der Waals surface area (Å²) >= 11 is 0. The van der Waals surface area contributed by atoms with Gasteiger partial charge >= 0.3 is 0 Å². The number of aromatic nitrogens is 2. The van der Waals surface area contributed by atoms with Crippen molar-refractivity contribution in [1.29, 1.82) is 0 Å². The van der Waals surface area contributed by atoms with Crippen molar-refractivity contribution >= 4 is 17.3 Å². The van der Waals surface area contributed by atoms with Crippen LogP contribution in [0, 0.1) is 6.92 Å². The number of Topliss-reactive ketones (excluding diaryl/α,β-unsaturated/α-hetero) is 1. The quantitative estimate of drug-likeness (QED) is 0.576. The molecule has 3 aromatic rings. The maximum absolute atomic E-state index is 13.5. The van der Waals surface area contributed by atoms with E-state index in [1.165, 1.54) is 0 Å². The Bertz CT molecular complexity index is 1170. The summed E-state index contributed by atoms with van der Waals surface area (Å²) in [5.41, 5.74) is 2.46. The zero-order chi connectivity index (χ0) is 22.0. The van der Waals surface area contributed by atoms with Crippen LogP contribution >= 0.6 is 0 Å². The van der Waals surface area contributed by atoms with Crippen molar-refractivity contribution in [3.8, 4) is 11.4 Å². The number of ether oxygens (including phenoxy) is 1. The largest absolute Gasteiger partial charge is 0.497 e. The summed E-state index contributed by atoms with van der Waals surface area (Å²) in [5, 5.41) is 0. The molecule has 7 heteroatoms. The van der Waals surface area contributed by atoms with E-state index in [-0.39, 0.29) is 17.9 Å². The maximum atomic E-state index is 13.5. The van der Waals surface area contributed by atoms with Crippen LogP contribution in [0.4, 0.5) is 5.69 Å². The highest BCUT2D eigenvalue weighted by Gasteiger charge is 2.28. The van der Waals surface area contributed by atoms with E-state index in [4.69, 9.17) is 4.74 Å². The van der Waals surface area contributed by atoms with Crippen LogP contribution in [0.2, 0.25) is 0 Å². The molecule has 1 aliphatic rings. The second kappa shape index (κ2) is 8.63. The summed E-state index contributed by atoms with van der Waals surface area (Å²) in [7, 11) is 3.44. The van der Waals surface area contributed by atoms with Crippen LogP contribution in [-0.2, 0) is 7.05 Å². The number of anilines is 1. The Hall–Kier alpha value is -3.61. The highest BCUT2D eigenvalue weighted by atomic mass is 16.5. The zero-order valence-electron chi connectivity index (χ0n) is 18.0. The van der Waals surface area contributed by atoms with Crippen molar-refractivity contribution < 1.29 is 9.53 Å². The fourth-order valence-corrected chi connectivity index (χ4v) is 3.92. The van der Waals surface area contributed by atoms with E-state index in [0.29, 0.717) is 23.5 Å².